The van der Waals surface area contributed by atoms with Gasteiger partial charge in [-0.1, -0.05) is 20.3 Å². The average molecular weight is 411 g/mol. The Hall–Kier alpha value is -1.93. The maximum Gasteiger partial charge on any atom is 0.338 e. The third kappa shape index (κ3) is 6.04. The van der Waals surface area contributed by atoms with Crippen LogP contribution in [0.4, 0.5) is 0 Å². The third-order valence-corrected chi connectivity index (χ3v) is 6.85. The van der Waals surface area contributed by atoms with E-state index < -0.39 is 16.0 Å². The number of hydrogen-bond acceptors (Lipinski definition) is 5. The molecule has 0 aromatic heterocycles. The van der Waals surface area contributed by atoms with Crippen LogP contribution in [-0.2, 0) is 19.6 Å². The summed E-state index contributed by atoms with van der Waals surface area (Å²) in [4.78, 5) is 24.0. The molecular weight excluding hydrogens is 380 g/mol. The van der Waals surface area contributed by atoms with Crippen LogP contribution in [0.25, 0.3) is 0 Å². The number of esters is 1. The van der Waals surface area contributed by atoms with Gasteiger partial charge < -0.3 is 10.1 Å². The number of rotatable bonds is 8. The number of amides is 1. The molecule has 1 aromatic rings. The van der Waals surface area contributed by atoms with E-state index >= 15 is 0 Å². The van der Waals surface area contributed by atoms with Gasteiger partial charge in [0.2, 0.25) is 10.0 Å². The summed E-state index contributed by atoms with van der Waals surface area (Å²) in [5.41, 5.74) is 0.209. The normalized spacial score (nSPS) is 17.1. The monoisotopic (exact) mass is 410 g/mol. The molecule has 1 saturated heterocycles. The van der Waals surface area contributed by atoms with Crippen LogP contribution < -0.4 is 5.32 Å². The molecule has 1 amide bonds. The summed E-state index contributed by atoms with van der Waals surface area (Å²) in [6.07, 6.45) is 3.50. The van der Waals surface area contributed by atoms with Crippen LogP contribution in [0.15, 0.2) is 29.2 Å². The van der Waals surface area contributed by atoms with Gasteiger partial charge in [-0.15, -0.1) is 0 Å². The summed E-state index contributed by atoms with van der Waals surface area (Å²) in [6.45, 7) is 6.70. The van der Waals surface area contributed by atoms with E-state index in [0.717, 1.165) is 25.7 Å². The first-order chi connectivity index (χ1) is 13.2. The highest BCUT2D eigenvalue weighted by molar-refractivity contribution is 7.89. The molecule has 7 nitrogen and oxygen atoms in total. The van der Waals surface area contributed by atoms with Gasteiger partial charge in [-0.05, 0) is 56.4 Å². The van der Waals surface area contributed by atoms with Gasteiger partial charge in [0.1, 0.15) is 0 Å². The lowest BCUT2D eigenvalue weighted by Gasteiger charge is -2.29. The molecule has 28 heavy (non-hydrogen) atoms. The van der Waals surface area contributed by atoms with Crippen LogP contribution in [-0.4, -0.2) is 50.3 Å². The minimum absolute atomic E-state index is 0.0264. The number of hydrogen-bond donors (Lipinski definition) is 1. The van der Waals surface area contributed by atoms with E-state index in [0.29, 0.717) is 19.0 Å². The lowest BCUT2D eigenvalue weighted by atomic mass is 10.0. The molecular formula is C20H30N2O5S. The Balaban J connectivity index is 1.92. The van der Waals surface area contributed by atoms with Gasteiger partial charge in [0.15, 0.2) is 6.61 Å². The van der Waals surface area contributed by atoms with Gasteiger partial charge in [-0.25, -0.2) is 13.2 Å². The molecule has 1 heterocycles. The molecule has 0 saturated carbocycles. The Labute approximate surface area is 167 Å². The zero-order chi connectivity index (χ0) is 20.7. The maximum absolute atomic E-state index is 12.7. The number of carbonyl (C=O) groups excluding carboxylic acids is 2. The topological polar surface area (TPSA) is 92.8 Å². The zero-order valence-electron chi connectivity index (χ0n) is 16.8. The van der Waals surface area contributed by atoms with E-state index in [-0.39, 0.29) is 29.0 Å². The first kappa shape index (κ1) is 22.4. The lowest BCUT2D eigenvalue weighted by Crippen LogP contribution is -2.37. The van der Waals surface area contributed by atoms with Crippen LogP contribution >= 0.6 is 0 Å². The first-order valence-electron chi connectivity index (χ1n) is 9.80. The predicted molar refractivity (Wildman–Crippen MR) is 106 cm³/mol. The van der Waals surface area contributed by atoms with E-state index in [1.807, 2.05) is 13.8 Å². The van der Waals surface area contributed by atoms with Crippen LogP contribution in [0.1, 0.15) is 56.8 Å². The highest BCUT2D eigenvalue weighted by atomic mass is 32.2. The molecule has 0 aliphatic carbocycles. The summed E-state index contributed by atoms with van der Waals surface area (Å²) in [5.74, 6) is -0.479. The van der Waals surface area contributed by atoms with Gasteiger partial charge in [0, 0.05) is 19.1 Å². The van der Waals surface area contributed by atoms with Gasteiger partial charge in [-0.2, -0.15) is 4.31 Å². The predicted octanol–water partition coefficient (Wildman–Crippen LogP) is 2.57. The Bertz CT molecular complexity index is 768. The van der Waals surface area contributed by atoms with E-state index in [2.05, 4.69) is 12.2 Å². The number of piperidine rings is 1. The zero-order valence-corrected chi connectivity index (χ0v) is 17.6. The van der Waals surface area contributed by atoms with E-state index in [1.54, 1.807) is 0 Å². The number of ether oxygens (including phenoxy) is 1. The Kier molecular flexibility index (Phi) is 8.00. The first-order valence-corrected chi connectivity index (χ1v) is 11.2. The molecule has 156 valence electrons. The number of nitrogens with one attached hydrogen (secondary N) is 1. The molecule has 1 N–H and O–H groups in total. The molecule has 1 aromatic carbocycles. The van der Waals surface area contributed by atoms with Crippen molar-refractivity contribution < 1.29 is 22.7 Å². The van der Waals surface area contributed by atoms with Crippen molar-refractivity contribution in [1.29, 1.82) is 0 Å². The van der Waals surface area contributed by atoms with Crippen molar-refractivity contribution in [3.8, 4) is 0 Å². The van der Waals surface area contributed by atoms with E-state index in [9.17, 15) is 18.0 Å². The highest BCUT2D eigenvalue weighted by Gasteiger charge is 2.28. The van der Waals surface area contributed by atoms with Crippen molar-refractivity contribution >= 4 is 21.9 Å². The van der Waals surface area contributed by atoms with Crippen molar-refractivity contribution in [2.45, 2.75) is 57.4 Å². The molecule has 0 spiro atoms. The van der Waals surface area contributed by atoms with Gasteiger partial charge in [-0.3, -0.25) is 4.79 Å². The molecule has 1 fully saturated rings. The summed E-state index contributed by atoms with van der Waals surface area (Å²) < 4.78 is 31.9. The second-order valence-electron chi connectivity index (χ2n) is 7.44. The molecule has 0 bridgehead atoms. The lowest BCUT2D eigenvalue weighted by molar-refractivity contribution is -0.124. The Morgan fingerprint density at radius 2 is 1.82 bits per heavy atom. The summed E-state index contributed by atoms with van der Waals surface area (Å²) in [7, 11) is -3.56. The fraction of sp³-hybridized carbons (Fsp3) is 0.600. The van der Waals surface area contributed by atoms with Crippen molar-refractivity contribution in [1.82, 2.24) is 9.62 Å². The number of nitrogens with zero attached hydrogens (tertiary/aromatic N) is 1. The molecule has 0 radical (unpaired) electrons. The third-order valence-electron chi connectivity index (χ3n) is 4.93. The van der Waals surface area contributed by atoms with E-state index in [1.165, 1.54) is 28.6 Å². The van der Waals surface area contributed by atoms with Crippen LogP contribution in [0.2, 0.25) is 0 Å². The van der Waals surface area contributed by atoms with Gasteiger partial charge >= 0.3 is 5.97 Å². The van der Waals surface area contributed by atoms with Crippen LogP contribution in [0.5, 0.6) is 0 Å². The van der Waals surface area contributed by atoms with Crippen molar-refractivity contribution in [2.24, 2.45) is 5.92 Å². The summed E-state index contributed by atoms with van der Waals surface area (Å²) in [5, 5.41) is 2.76. The smallest absolute Gasteiger partial charge is 0.338 e. The molecule has 0 unspecified atom stereocenters. The number of carbonyl (C=O) groups is 2. The van der Waals surface area contributed by atoms with Gasteiger partial charge in [0.05, 0.1) is 10.5 Å². The largest absolute Gasteiger partial charge is 0.452 e. The van der Waals surface area contributed by atoms with Crippen molar-refractivity contribution in [3.05, 3.63) is 29.8 Å². The summed E-state index contributed by atoms with van der Waals surface area (Å²) >= 11 is 0. The number of benzene rings is 1. The van der Waals surface area contributed by atoms with E-state index in [4.69, 9.17) is 4.74 Å². The minimum atomic E-state index is -3.56. The average Bonchev–Trinajstić information content (AvgIpc) is 2.66. The molecule has 1 atom stereocenters. The fourth-order valence-electron chi connectivity index (χ4n) is 3.17. The second-order valence-corrected chi connectivity index (χ2v) is 9.38. The Morgan fingerprint density at radius 1 is 1.21 bits per heavy atom. The quantitative estimate of drug-likeness (QED) is 0.665. The SMILES string of the molecule is CCC[C@H](C)NC(=O)COC(=O)c1ccc(S(=O)(=O)N2CCC(C)CC2)cc1. The van der Waals surface area contributed by atoms with Crippen molar-refractivity contribution in [2.75, 3.05) is 19.7 Å². The molecule has 1 aliphatic rings. The minimum Gasteiger partial charge on any atom is -0.452 e. The second kappa shape index (κ2) is 10.0. The van der Waals surface area contributed by atoms with Crippen LogP contribution in [0.3, 0.4) is 0 Å². The van der Waals surface area contributed by atoms with Crippen molar-refractivity contribution in [3.63, 3.8) is 0 Å². The van der Waals surface area contributed by atoms with Crippen LogP contribution in [0, 0.1) is 5.92 Å². The fourth-order valence-corrected chi connectivity index (χ4v) is 4.64. The van der Waals surface area contributed by atoms with Gasteiger partial charge in [0.25, 0.3) is 5.91 Å². The Morgan fingerprint density at radius 3 is 2.39 bits per heavy atom. The number of sulfonamides is 1. The molecule has 1 aliphatic heterocycles. The maximum atomic E-state index is 12.7. The highest BCUT2D eigenvalue weighted by Crippen LogP contribution is 2.23. The molecule has 2 rings (SSSR count). The summed E-state index contributed by atoms with van der Waals surface area (Å²) in [6, 6.07) is 5.68. The molecule has 8 heteroatoms. The standard InChI is InChI=1S/C20H30N2O5S/c1-4-5-16(3)21-19(23)14-27-20(24)17-6-8-18(9-7-17)28(25,26)22-12-10-15(2)11-13-22/h6-9,15-16H,4-5,10-14H2,1-3H3,(H,21,23)/t16-/m0/s1.